The number of hydrogen-bond acceptors (Lipinski definition) is 3. The molecule has 3 atom stereocenters. The zero-order chi connectivity index (χ0) is 19.5. The second-order valence-corrected chi connectivity index (χ2v) is 8.12. The fraction of sp³-hybridized carbons (Fsp3) is 0.500. The van der Waals surface area contributed by atoms with Crippen molar-refractivity contribution in [1.82, 2.24) is 20.4 Å². The van der Waals surface area contributed by atoms with Crippen molar-refractivity contribution in [3.63, 3.8) is 0 Å². The Kier molecular flexibility index (Phi) is 4.01. The van der Waals surface area contributed by atoms with Crippen molar-refractivity contribution >= 4 is 5.91 Å². The third-order valence-corrected chi connectivity index (χ3v) is 6.50. The molecule has 1 unspecified atom stereocenters. The molecule has 0 bridgehead atoms. The van der Waals surface area contributed by atoms with Crippen molar-refractivity contribution in [2.24, 2.45) is 11.8 Å². The molecule has 1 saturated heterocycles. The summed E-state index contributed by atoms with van der Waals surface area (Å²) in [7, 11) is 0. The second kappa shape index (κ2) is 6.34. The van der Waals surface area contributed by atoms with Crippen LogP contribution in [0.5, 0.6) is 0 Å². The molecule has 5 rings (SSSR count). The van der Waals surface area contributed by atoms with Crippen LogP contribution < -0.4 is 5.32 Å². The lowest BCUT2D eigenvalue weighted by Crippen LogP contribution is -2.31. The maximum absolute atomic E-state index is 13.4. The van der Waals surface area contributed by atoms with Crippen LogP contribution in [-0.2, 0) is 19.3 Å². The van der Waals surface area contributed by atoms with Crippen LogP contribution in [0.1, 0.15) is 51.6 Å². The van der Waals surface area contributed by atoms with Crippen molar-refractivity contribution in [1.29, 1.82) is 0 Å². The van der Waals surface area contributed by atoms with Gasteiger partial charge in [-0.15, -0.1) is 0 Å². The minimum absolute atomic E-state index is 0.0668. The summed E-state index contributed by atoms with van der Waals surface area (Å²) < 4.78 is 40.1. The maximum Gasteiger partial charge on any atom is 0.416 e. The predicted octanol–water partition coefficient (Wildman–Crippen LogP) is 3.30. The summed E-state index contributed by atoms with van der Waals surface area (Å²) in [6, 6.07) is 5.91. The number of H-pyrrole nitrogens is 1. The van der Waals surface area contributed by atoms with E-state index in [-0.39, 0.29) is 23.7 Å². The molecule has 5 nitrogen and oxygen atoms in total. The van der Waals surface area contributed by atoms with Gasteiger partial charge < -0.3 is 10.2 Å². The highest BCUT2D eigenvalue weighted by Gasteiger charge is 2.45. The van der Waals surface area contributed by atoms with Crippen molar-refractivity contribution in [3.8, 4) is 0 Å². The molecule has 8 heteroatoms. The van der Waals surface area contributed by atoms with E-state index in [1.165, 1.54) is 12.1 Å². The zero-order valence-corrected chi connectivity index (χ0v) is 15.2. The Morgan fingerprint density at radius 1 is 1.11 bits per heavy atom. The van der Waals surface area contributed by atoms with E-state index >= 15 is 0 Å². The Morgan fingerprint density at radius 3 is 2.54 bits per heavy atom. The van der Waals surface area contributed by atoms with Crippen LogP contribution in [-0.4, -0.2) is 34.1 Å². The summed E-state index contributed by atoms with van der Waals surface area (Å²) in [6.45, 7) is 2.54. The first kappa shape index (κ1) is 17.7. The lowest BCUT2D eigenvalue weighted by molar-refractivity contribution is -0.138. The second-order valence-electron chi connectivity index (χ2n) is 8.12. The number of halogens is 3. The van der Waals surface area contributed by atoms with Gasteiger partial charge in [0, 0.05) is 31.7 Å². The molecule has 1 amide bonds. The van der Waals surface area contributed by atoms with Crippen molar-refractivity contribution in [3.05, 3.63) is 52.3 Å². The molecule has 1 aromatic heterocycles. The van der Waals surface area contributed by atoms with Crippen LogP contribution in [0.3, 0.4) is 0 Å². The Bertz CT molecular complexity index is 908. The minimum Gasteiger partial charge on any atom is -0.337 e. The van der Waals surface area contributed by atoms with Gasteiger partial charge in [-0.1, -0.05) is 18.2 Å². The smallest absolute Gasteiger partial charge is 0.337 e. The number of likely N-dealkylation sites (tertiary alicyclic amines) is 1. The van der Waals surface area contributed by atoms with E-state index in [0.717, 1.165) is 11.3 Å². The number of benzene rings is 1. The van der Waals surface area contributed by atoms with Crippen LogP contribution in [0.4, 0.5) is 13.2 Å². The molecule has 2 aromatic rings. The van der Waals surface area contributed by atoms with Crippen molar-refractivity contribution < 1.29 is 18.0 Å². The molecule has 28 heavy (non-hydrogen) atoms. The highest BCUT2D eigenvalue weighted by Crippen LogP contribution is 2.49. The van der Waals surface area contributed by atoms with E-state index < -0.39 is 11.7 Å². The number of amides is 1. The summed E-state index contributed by atoms with van der Waals surface area (Å²) in [5, 5.41) is 10.3. The van der Waals surface area contributed by atoms with E-state index in [1.54, 1.807) is 12.1 Å². The molecule has 2 aliphatic heterocycles. The van der Waals surface area contributed by atoms with E-state index in [4.69, 9.17) is 0 Å². The molecule has 3 aliphatic rings. The molecule has 2 fully saturated rings. The molecule has 148 valence electrons. The summed E-state index contributed by atoms with van der Waals surface area (Å²) in [5.74, 6) is 0.340. The number of nitrogens with zero attached hydrogens (tertiary/aromatic N) is 2. The van der Waals surface area contributed by atoms with E-state index in [1.807, 2.05) is 4.90 Å². The van der Waals surface area contributed by atoms with Crippen LogP contribution in [0.25, 0.3) is 0 Å². The standard InChI is InChI=1S/C20H21F3N4O/c21-20(22,23)16-4-2-1-3-14(16)11-5-12-9-27(10-13(12)6-11)19(28)18-15-7-24-8-17(15)25-26-18/h1-4,11-13,24H,5-10H2,(H,25,26)/t11?,12-,13+. The molecule has 1 aliphatic carbocycles. The van der Waals surface area contributed by atoms with Crippen LogP contribution >= 0.6 is 0 Å². The van der Waals surface area contributed by atoms with Gasteiger partial charge in [-0.3, -0.25) is 9.89 Å². The van der Waals surface area contributed by atoms with Gasteiger partial charge in [-0.05, 0) is 42.2 Å². The number of fused-ring (bicyclic) bond motifs is 2. The number of carbonyl (C=O) groups is 1. The van der Waals surface area contributed by atoms with E-state index in [9.17, 15) is 18.0 Å². The number of aromatic amines is 1. The number of alkyl halides is 3. The SMILES string of the molecule is O=C(c1n[nH]c2c1CNC2)N1C[C@H]2CC(c3ccccc3C(F)(F)F)C[C@H]2C1. The molecule has 2 N–H and O–H groups in total. The topological polar surface area (TPSA) is 61.0 Å². The van der Waals surface area contributed by atoms with Crippen molar-refractivity contribution in [2.75, 3.05) is 13.1 Å². The number of hydrogen-bond donors (Lipinski definition) is 2. The maximum atomic E-state index is 13.4. The van der Waals surface area contributed by atoms with Crippen LogP contribution in [0.15, 0.2) is 24.3 Å². The first-order valence-electron chi connectivity index (χ1n) is 9.64. The number of carbonyl (C=O) groups excluding carboxylic acids is 1. The lowest BCUT2D eigenvalue weighted by atomic mass is 9.91. The summed E-state index contributed by atoms with van der Waals surface area (Å²) >= 11 is 0. The van der Waals surface area contributed by atoms with Gasteiger partial charge in [0.1, 0.15) is 0 Å². The average Bonchev–Trinajstić information content (AvgIpc) is 3.39. The van der Waals surface area contributed by atoms with Crippen molar-refractivity contribution in [2.45, 2.75) is 38.0 Å². The van der Waals surface area contributed by atoms with Gasteiger partial charge in [0.2, 0.25) is 0 Å². The Labute approximate surface area is 160 Å². The van der Waals surface area contributed by atoms with Gasteiger partial charge in [-0.25, -0.2) is 0 Å². The number of aromatic nitrogens is 2. The van der Waals surface area contributed by atoms with Gasteiger partial charge >= 0.3 is 6.18 Å². The molecular weight excluding hydrogens is 369 g/mol. The van der Waals surface area contributed by atoms with Gasteiger partial charge in [0.15, 0.2) is 5.69 Å². The molecule has 1 saturated carbocycles. The Morgan fingerprint density at radius 2 is 1.82 bits per heavy atom. The number of rotatable bonds is 2. The monoisotopic (exact) mass is 390 g/mol. The minimum atomic E-state index is -4.33. The van der Waals surface area contributed by atoms with E-state index in [0.29, 0.717) is 50.3 Å². The first-order valence-corrected chi connectivity index (χ1v) is 9.64. The summed E-state index contributed by atoms with van der Waals surface area (Å²) in [4.78, 5) is 14.7. The molecule has 0 spiro atoms. The third-order valence-electron chi connectivity index (χ3n) is 6.50. The normalized spacial score (nSPS) is 26.5. The van der Waals surface area contributed by atoms with Gasteiger partial charge in [-0.2, -0.15) is 18.3 Å². The average molecular weight is 390 g/mol. The zero-order valence-electron chi connectivity index (χ0n) is 15.2. The third kappa shape index (κ3) is 2.82. The van der Waals surface area contributed by atoms with E-state index in [2.05, 4.69) is 15.5 Å². The summed E-state index contributed by atoms with van der Waals surface area (Å²) in [6.07, 6.45) is -2.94. The van der Waals surface area contributed by atoms with Gasteiger partial charge in [0.25, 0.3) is 5.91 Å². The first-order chi connectivity index (χ1) is 13.4. The quantitative estimate of drug-likeness (QED) is 0.827. The highest BCUT2D eigenvalue weighted by molar-refractivity contribution is 5.94. The fourth-order valence-electron chi connectivity index (χ4n) is 5.21. The lowest BCUT2D eigenvalue weighted by Gasteiger charge is -2.21. The van der Waals surface area contributed by atoms with Crippen LogP contribution in [0.2, 0.25) is 0 Å². The highest BCUT2D eigenvalue weighted by atomic mass is 19.4. The Balaban J connectivity index is 1.30. The van der Waals surface area contributed by atoms with Crippen LogP contribution in [0, 0.1) is 11.8 Å². The molecule has 3 heterocycles. The number of nitrogens with one attached hydrogen (secondary N) is 2. The largest absolute Gasteiger partial charge is 0.416 e. The summed E-state index contributed by atoms with van der Waals surface area (Å²) in [5.41, 5.74) is 2.27. The van der Waals surface area contributed by atoms with Gasteiger partial charge in [0.05, 0.1) is 11.3 Å². The predicted molar refractivity (Wildman–Crippen MR) is 95.4 cm³/mol. The molecule has 0 radical (unpaired) electrons. The molecule has 1 aromatic carbocycles. The Hall–Kier alpha value is -2.35. The fourth-order valence-corrected chi connectivity index (χ4v) is 5.21. The molecular formula is C20H21F3N4O.